The van der Waals surface area contributed by atoms with Gasteiger partial charge >= 0.3 is 35.8 Å². The fourth-order valence-electron chi connectivity index (χ4n) is 13.6. The van der Waals surface area contributed by atoms with E-state index in [2.05, 4.69) is 31.9 Å². The maximum absolute atomic E-state index is 14.7. The number of carbonyl (C=O) groups is 6. The lowest BCUT2D eigenvalue weighted by Gasteiger charge is -2.48. The van der Waals surface area contributed by atoms with Crippen LogP contribution in [0.3, 0.4) is 0 Å². The smallest absolute Gasteiger partial charge is 0.320 e. The number of ether oxygens (including phenoxy) is 6. The molecule has 24 heteroatoms. The number of nitrogens with zero attached hydrogens (tertiary/aromatic N) is 6. The number of carbonyl (C=O) groups excluding carboxylic acids is 6. The van der Waals surface area contributed by atoms with Crippen molar-refractivity contribution in [1.29, 1.82) is 0 Å². The van der Waals surface area contributed by atoms with Crippen LogP contribution < -0.4 is 31.9 Å². The lowest BCUT2D eigenvalue weighted by molar-refractivity contribution is -0.262. The molecule has 0 bridgehead atoms. The van der Waals surface area contributed by atoms with Gasteiger partial charge in [-0.2, -0.15) is 0 Å². The van der Waals surface area contributed by atoms with Gasteiger partial charge in [-0.05, 0) is 83.1 Å². The third kappa shape index (κ3) is 18.7. The highest BCUT2D eigenvalue weighted by molar-refractivity contribution is 5.76. The van der Waals surface area contributed by atoms with Gasteiger partial charge in [-0.1, -0.05) is 0 Å². The second kappa shape index (κ2) is 28.4. The average Bonchev–Trinajstić information content (AvgIpc) is 3.50. The third-order valence-corrected chi connectivity index (χ3v) is 15.5. The Morgan fingerprint density at radius 1 is 0.244 bits per heavy atom. The van der Waals surface area contributed by atoms with Gasteiger partial charge in [0, 0.05) is 151 Å². The molecule has 0 aromatic heterocycles. The average molecular weight is 1110 g/mol. The molecule has 0 aromatic carbocycles. The Balaban J connectivity index is 1.33. The van der Waals surface area contributed by atoms with Crippen LogP contribution in [0.2, 0.25) is 0 Å². The van der Waals surface area contributed by atoms with Crippen LogP contribution in [0.4, 0.5) is 0 Å². The quantitative estimate of drug-likeness (QED) is 0.0617. The Morgan fingerprint density at radius 2 is 0.346 bits per heavy atom. The van der Waals surface area contributed by atoms with E-state index in [0.29, 0.717) is 78.5 Å². The van der Waals surface area contributed by atoms with Crippen LogP contribution in [-0.2, 0) is 57.2 Å². The number of hydrogen-bond acceptors (Lipinski definition) is 24. The molecular weight excluding hydrogens is 1010 g/mol. The first-order valence-electron chi connectivity index (χ1n) is 29.0. The first-order valence-corrected chi connectivity index (χ1v) is 29.0. The van der Waals surface area contributed by atoms with E-state index < -0.39 is 72.4 Å². The molecule has 24 nitrogen and oxygen atoms in total. The summed E-state index contributed by atoms with van der Waals surface area (Å²) in [4.78, 5) is 100. The van der Waals surface area contributed by atoms with E-state index in [1.807, 2.05) is 112 Å². The second-order valence-corrected chi connectivity index (χ2v) is 24.7. The Kier molecular flexibility index (Phi) is 22.5. The Hall–Kier alpha value is -3.66. The minimum atomic E-state index is -1.75. The van der Waals surface area contributed by atoms with Gasteiger partial charge in [-0.3, -0.25) is 58.2 Å². The molecule has 7 fully saturated rings. The van der Waals surface area contributed by atoms with Crippen molar-refractivity contribution in [2.45, 2.75) is 192 Å². The fraction of sp³-hybridized carbons (Fsp3) is 0.889. The number of piperazine rings is 6. The summed E-state index contributed by atoms with van der Waals surface area (Å²) in [5.74, 6) is -4.51. The monoisotopic (exact) mass is 1100 g/mol. The number of nitrogens with one attached hydrogen (secondary N) is 6. The fourth-order valence-corrected chi connectivity index (χ4v) is 13.6. The van der Waals surface area contributed by atoms with Crippen LogP contribution in [0.15, 0.2) is 0 Å². The highest BCUT2D eigenvalue weighted by Gasteiger charge is 2.62. The zero-order valence-electron chi connectivity index (χ0n) is 48.7. The van der Waals surface area contributed by atoms with Gasteiger partial charge in [0.15, 0.2) is 36.6 Å². The van der Waals surface area contributed by atoms with Crippen molar-refractivity contribution in [2.24, 2.45) is 0 Å². The zero-order chi connectivity index (χ0) is 56.5. The summed E-state index contributed by atoms with van der Waals surface area (Å²) in [6.07, 6.45) is -10.5. The van der Waals surface area contributed by atoms with Gasteiger partial charge in [0.1, 0.15) is 0 Å². The van der Waals surface area contributed by atoms with Gasteiger partial charge in [0.2, 0.25) is 0 Å². The largest absolute Gasteiger partial charge is 0.453 e. The molecule has 0 aromatic rings. The van der Waals surface area contributed by atoms with Gasteiger partial charge < -0.3 is 60.3 Å². The molecular formula is C54H96N12O12. The third-order valence-electron chi connectivity index (χ3n) is 15.5. The van der Waals surface area contributed by atoms with E-state index in [1.165, 1.54) is 0 Å². The summed E-state index contributed by atoms with van der Waals surface area (Å²) in [5, 5.41) is 20.9. The van der Waals surface area contributed by atoms with Gasteiger partial charge in [-0.25, -0.2) is 0 Å². The van der Waals surface area contributed by atoms with E-state index >= 15 is 0 Å². The van der Waals surface area contributed by atoms with Crippen molar-refractivity contribution in [1.82, 2.24) is 61.3 Å². The summed E-state index contributed by atoms with van der Waals surface area (Å²) in [7, 11) is 0. The lowest BCUT2D eigenvalue weighted by atomic mass is 9.83. The molecule has 6 aliphatic heterocycles. The van der Waals surface area contributed by atoms with E-state index in [-0.39, 0.29) is 112 Å². The van der Waals surface area contributed by atoms with E-state index in [4.69, 9.17) is 28.4 Å². The molecule has 12 atom stereocenters. The first-order chi connectivity index (χ1) is 36.9. The molecule has 7 aliphatic rings. The minimum absolute atomic E-state index is 0.0449. The Morgan fingerprint density at radius 3 is 0.449 bits per heavy atom. The van der Waals surface area contributed by atoms with Crippen LogP contribution >= 0.6 is 0 Å². The molecule has 78 heavy (non-hydrogen) atoms. The van der Waals surface area contributed by atoms with Crippen LogP contribution in [-0.4, -0.2) is 292 Å². The summed E-state index contributed by atoms with van der Waals surface area (Å²) in [6.45, 7) is 29.2. The van der Waals surface area contributed by atoms with Crippen LogP contribution in [0.1, 0.15) is 83.1 Å². The maximum Gasteiger partial charge on any atom is 0.320 e. The molecule has 1 aliphatic carbocycles. The molecule has 6 saturated heterocycles. The molecule has 1 saturated carbocycles. The molecule has 12 unspecified atom stereocenters. The summed E-state index contributed by atoms with van der Waals surface area (Å²) >= 11 is 0. The van der Waals surface area contributed by atoms with Crippen molar-refractivity contribution < 1.29 is 57.2 Å². The van der Waals surface area contributed by atoms with Crippen molar-refractivity contribution in [3.8, 4) is 0 Å². The standard InChI is InChI=1S/C54H96N12O12/c1-31-13-61(14-32(2)55-31)25-43(67)73-49-50(74-44(68)26-62-15-33(3)56-34(4)16-62)52(76-46(70)28-64-19-37(7)58-38(8)20-64)54(78-48(72)30-66-23-41(11)60-42(12)24-66)53(77-47(71)29-65-21-39(9)59-40(10)22-65)51(49)75-45(69)27-63-17-35(5)57-36(6)18-63/h31-42,49-60H,13-30H2,1-12H3. The van der Waals surface area contributed by atoms with Crippen molar-refractivity contribution in [2.75, 3.05) is 118 Å². The predicted octanol–water partition coefficient (Wildman–Crippen LogP) is -2.44. The van der Waals surface area contributed by atoms with Crippen LogP contribution in [0.5, 0.6) is 0 Å². The Labute approximate surface area is 463 Å². The summed E-state index contributed by atoms with van der Waals surface area (Å²) in [6, 6.07) is 0.538. The molecule has 0 radical (unpaired) electrons. The van der Waals surface area contributed by atoms with Crippen molar-refractivity contribution in [3.63, 3.8) is 0 Å². The van der Waals surface area contributed by atoms with E-state index in [9.17, 15) is 28.8 Å². The van der Waals surface area contributed by atoms with Crippen LogP contribution in [0.25, 0.3) is 0 Å². The maximum atomic E-state index is 14.7. The molecule has 0 amide bonds. The predicted molar refractivity (Wildman–Crippen MR) is 290 cm³/mol. The summed E-state index contributed by atoms with van der Waals surface area (Å²) in [5.41, 5.74) is 0. The highest BCUT2D eigenvalue weighted by atomic mass is 16.7. The molecule has 6 N–H and O–H groups in total. The van der Waals surface area contributed by atoms with E-state index in [1.54, 1.807) is 0 Å². The van der Waals surface area contributed by atoms with E-state index in [0.717, 1.165) is 0 Å². The van der Waals surface area contributed by atoms with Gasteiger partial charge in [-0.15, -0.1) is 0 Å². The van der Waals surface area contributed by atoms with Crippen LogP contribution in [0, 0.1) is 0 Å². The SMILES string of the molecule is CC1CN(CC(=O)OC2C(OC(=O)CN3CC(C)NC(C)C3)C(OC(=O)CN3CC(C)NC(C)C3)C(OC(=O)CN3CC(C)NC(C)C3)C(OC(=O)CN3CC(C)NC(C)C3)C2OC(=O)CN2CC(C)NC(C)C2)CC(C)N1. The lowest BCUT2D eigenvalue weighted by Crippen LogP contribution is -2.70. The highest BCUT2D eigenvalue weighted by Crippen LogP contribution is 2.35. The molecule has 0 spiro atoms. The topological polar surface area (TPSA) is 249 Å². The molecule has 7 rings (SSSR count). The normalized spacial score (nSPS) is 38.2. The first kappa shape index (κ1) is 61.9. The minimum Gasteiger partial charge on any atom is -0.453 e. The van der Waals surface area contributed by atoms with Gasteiger partial charge in [0.25, 0.3) is 0 Å². The zero-order valence-corrected chi connectivity index (χ0v) is 48.7. The van der Waals surface area contributed by atoms with Crippen molar-refractivity contribution >= 4 is 35.8 Å². The second-order valence-electron chi connectivity index (χ2n) is 24.7. The summed E-state index contributed by atoms with van der Waals surface area (Å²) < 4.78 is 39.2. The van der Waals surface area contributed by atoms with Gasteiger partial charge in [0.05, 0.1) is 39.3 Å². The van der Waals surface area contributed by atoms with Crippen molar-refractivity contribution in [3.05, 3.63) is 0 Å². The number of rotatable bonds is 18. The number of esters is 6. The molecule has 444 valence electrons. The molecule has 6 heterocycles. The number of hydrogen-bond donors (Lipinski definition) is 6. The Bertz CT molecular complexity index is 1600.